The third-order valence-electron chi connectivity index (χ3n) is 1.74. The molecule has 0 heterocycles. The van der Waals surface area contributed by atoms with Gasteiger partial charge in [-0.2, -0.15) is 0 Å². The van der Waals surface area contributed by atoms with Gasteiger partial charge in [-0.15, -0.1) is 0 Å². The van der Waals surface area contributed by atoms with Gasteiger partial charge < -0.3 is 5.32 Å². The SMILES string of the molecule is CCNC1(C(F)F)CC1. The molecule has 9 heavy (non-hydrogen) atoms. The van der Waals surface area contributed by atoms with Crippen molar-refractivity contribution in [2.75, 3.05) is 6.54 Å². The predicted molar refractivity (Wildman–Crippen MR) is 31.6 cm³/mol. The first-order valence-electron chi connectivity index (χ1n) is 3.24. The lowest BCUT2D eigenvalue weighted by molar-refractivity contribution is 0.0867. The molecule has 0 aromatic carbocycles. The maximum absolute atomic E-state index is 12.0. The second-order valence-electron chi connectivity index (χ2n) is 2.49. The lowest BCUT2D eigenvalue weighted by atomic mass is 10.3. The molecule has 0 radical (unpaired) electrons. The van der Waals surface area contributed by atoms with Gasteiger partial charge in [-0.3, -0.25) is 0 Å². The maximum Gasteiger partial charge on any atom is 0.256 e. The zero-order valence-corrected chi connectivity index (χ0v) is 5.45. The highest BCUT2D eigenvalue weighted by Crippen LogP contribution is 2.40. The van der Waals surface area contributed by atoms with Gasteiger partial charge in [0.15, 0.2) is 0 Å². The lowest BCUT2D eigenvalue weighted by Gasteiger charge is -2.13. The van der Waals surface area contributed by atoms with Gasteiger partial charge in [-0.1, -0.05) is 6.92 Å². The Balaban J connectivity index is 2.33. The van der Waals surface area contributed by atoms with E-state index >= 15 is 0 Å². The van der Waals surface area contributed by atoms with Gasteiger partial charge in [0.1, 0.15) is 0 Å². The molecular formula is C6H11F2N. The van der Waals surface area contributed by atoms with E-state index in [-0.39, 0.29) is 0 Å². The van der Waals surface area contributed by atoms with E-state index in [0.717, 1.165) is 0 Å². The molecule has 1 aliphatic carbocycles. The van der Waals surface area contributed by atoms with Crippen LogP contribution >= 0.6 is 0 Å². The largest absolute Gasteiger partial charge is 0.307 e. The van der Waals surface area contributed by atoms with E-state index < -0.39 is 12.0 Å². The van der Waals surface area contributed by atoms with E-state index in [1.807, 2.05) is 6.92 Å². The van der Waals surface area contributed by atoms with Gasteiger partial charge >= 0.3 is 0 Å². The molecule has 1 nitrogen and oxygen atoms in total. The monoisotopic (exact) mass is 135 g/mol. The molecule has 3 heteroatoms. The summed E-state index contributed by atoms with van der Waals surface area (Å²) < 4.78 is 24.0. The van der Waals surface area contributed by atoms with Gasteiger partial charge in [0.05, 0.1) is 5.54 Å². The Morgan fingerprint density at radius 3 is 2.22 bits per heavy atom. The highest BCUT2D eigenvalue weighted by atomic mass is 19.3. The Morgan fingerprint density at radius 2 is 2.11 bits per heavy atom. The van der Waals surface area contributed by atoms with Crippen LogP contribution in [0.5, 0.6) is 0 Å². The van der Waals surface area contributed by atoms with Crippen LogP contribution < -0.4 is 5.32 Å². The van der Waals surface area contributed by atoms with Crippen molar-refractivity contribution in [1.29, 1.82) is 0 Å². The van der Waals surface area contributed by atoms with E-state index in [1.165, 1.54) is 0 Å². The number of nitrogens with one attached hydrogen (secondary N) is 1. The average molecular weight is 135 g/mol. The molecular weight excluding hydrogens is 124 g/mol. The standard InChI is InChI=1S/C6H11F2N/c1-2-9-6(3-4-6)5(7)8/h5,9H,2-4H2,1H3. The van der Waals surface area contributed by atoms with Gasteiger partial charge in [0.25, 0.3) is 6.43 Å². The molecule has 0 atom stereocenters. The first kappa shape index (κ1) is 6.93. The molecule has 54 valence electrons. The highest BCUT2D eigenvalue weighted by Gasteiger charge is 2.50. The molecule has 0 spiro atoms. The van der Waals surface area contributed by atoms with Gasteiger partial charge in [-0.25, -0.2) is 8.78 Å². The quantitative estimate of drug-likeness (QED) is 0.616. The van der Waals surface area contributed by atoms with Crippen molar-refractivity contribution < 1.29 is 8.78 Å². The summed E-state index contributed by atoms with van der Waals surface area (Å²) in [7, 11) is 0. The number of hydrogen-bond acceptors (Lipinski definition) is 1. The minimum absolute atomic E-state index is 0.637. The van der Waals surface area contributed by atoms with Gasteiger partial charge in [-0.05, 0) is 19.4 Å². The topological polar surface area (TPSA) is 12.0 Å². The predicted octanol–water partition coefficient (Wildman–Crippen LogP) is 1.39. The van der Waals surface area contributed by atoms with Crippen molar-refractivity contribution >= 4 is 0 Å². The van der Waals surface area contributed by atoms with Crippen LogP contribution in [0.2, 0.25) is 0 Å². The first-order valence-corrected chi connectivity index (χ1v) is 3.24. The van der Waals surface area contributed by atoms with Crippen LogP contribution in [0.15, 0.2) is 0 Å². The van der Waals surface area contributed by atoms with Crippen molar-refractivity contribution in [2.45, 2.75) is 31.7 Å². The molecule has 0 saturated heterocycles. The third-order valence-corrected chi connectivity index (χ3v) is 1.74. The fourth-order valence-corrected chi connectivity index (χ4v) is 0.959. The summed E-state index contributed by atoms with van der Waals surface area (Å²) in [6, 6.07) is 0. The molecule has 0 aromatic heterocycles. The number of rotatable bonds is 3. The highest BCUT2D eigenvalue weighted by molar-refractivity contribution is 5.03. The number of hydrogen-bond donors (Lipinski definition) is 1. The van der Waals surface area contributed by atoms with Crippen molar-refractivity contribution in [3.05, 3.63) is 0 Å². The van der Waals surface area contributed by atoms with Crippen LogP contribution in [0.4, 0.5) is 8.78 Å². The summed E-state index contributed by atoms with van der Waals surface area (Å²) in [5.41, 5.74) is -0.783. The van der Waals surface area contributed by atoms with Gasteiger partial charge in [0.2, 0.25) is 0 Å². The molecule has 0 unspecified atom stereocenters. The first-order chi connectivity index (χ1) is 4.21. The van der Waals surface area contributed by atoms with E-state index in [9.17, 15) is 8.78 Å². The normalized spacial score (nSPS) is 22.7. The Morgan fingerprint density at radius 1 is 1.56 bits per heavy atom. The Hall–Kier alpha value is -0.180. The maximum atomic E-state index is 12.0. The molecule has 1 aliphatic rings. The average Bonchev–Trinajstić information content (AvgIpc) is 2.49. The molecule has 0 amide bonds. The van der Waals surface area contributed by atoms with E-state index in [4.69, 9.17) is 0 Å². The summed E-state index contributed by atoms with van der Waals surface area (Å²) in [5.74, 6) is 0. The molecule has 0 bridgehead atoms. The van der Waals surface area contributed by atoms with Crippen molar-refractivity contribution in [3.63, 3.8) is 0 Å². The third kappa shape index (κ3) is 1.21. The van der Waals surface area contributed by atoms with Crippen molar-refractivity contribution in [2.24, 2.45) is 0 Å². The minimum Gasteiger partial charge on any atom is -0.307 e. The van der Waals surface area contributed by atoms with Gasteiger partial charge in [0, 0.05) is 0 Å². The fourth-order valence-electron chi connectivity index (χ4n) is 0.959. The molecule has 1 saturated carbocycles. The van der Waals surface area contributed by atoms with E-state index in [0.29, 0.717) is 19.4 Å². The zero-order chi connectivity index (χ0) is 6.91. The van der Waals surface area contributed by atoms with Crippen LogP contribution in [0, 0.1) is 0 Å². The number of halogens is 2. The molecule has 0 aliphatic heterocycles. The molecule has 1 fully saturated rings. The van der Waals surface area contributed by atoms with E-state index in [1.54, 1.807) is 0 Å². The van der Waals surface area contributed by atoms with Crippen LogP contribution in [0.25, 0.3) is 0 Å². The van der Waals surface area contributed by atoms with E-state index in [2.05, 4.69) is 5.32 Å². The van der Waals surface area contributed by atoms with Crippen LogP contribution in [0.1, 0.15) is 19.8 Å². The summed E-state index contributed by atoms with van der Waals surface area (Å²) in [6.07, 6.45) is -0.908. The van der Waals surface area contributed by atoms with Crippen LogP contribution in [-0.4, -0.2) is 18.5 Å². The fraction of sp³-hybridized carbons (Fsp3) is 1.00. The Labute approximate surface area is 53.4 Å². The number of alkyl halides is 2. The van der Waals surface area contributed by atoms with Crippen molar-refractivity contribution in [3.8, 4) is 0 Å². The Bertz CT molecular complexity index is 99.2. The van der Waals surface area contributed by atoms with Crippen LogP contribution in [0.3, 0.4) is 0 Å². The molecule has 0 aromatic rings. The zero-order valence-electron chi connectivity index (χ0n) is 5.45. The molecule has 1 N–H and O–H groups in total. The van der Waals surface area contributed by atoms with Crippen LogP contribution in [-0.2, 0) is 0 Å². The summed E-state index contributed by atoms with van der Waals surface area (Å²) >= 11 is 0. The Kier molecular flexibility index (Phi) is 1.70. The summed E-state index contributed by atoms with van der Waals surface area (Å²) in [4.78, 5) is 0. The second kappa shape index (κ2) is 2.21. The smallest absolute Gasteiger partial charge is 0.256 e. The summed E-state index contributed by atoms with van der Waals surface area (Å²) in [6.45, 7) is 2.49. The molecule has 1 rings (SSSR count). The summed E-state index contributed by atoms with van der Waals surface area (Å²) in [5, 5.41) is 2.78. The second-order valence-corrected chi connectivity index (χ2v) is 2.49. The minimum atomic E-state index is -2.18. The lowest BCUT2D eigenvalue weighted by Crippen LogP contribution is -2.37. The van der Waals surface area contributed by atoms with Crippen molar-refractivity contribution in [1.82, 2.24) is 5.32 Å².